The molecule has 0 unspecified atom stereocenters. The maximum atomic E-state index is 12.9. The third kappa shape index (κ3) is 2.58. The first kappa shape index (κ1) is 12.6. The van der Waals surface area contributed by atoms with Crippen LogP contribution in [0.4, 0.5) is 13.2 Å². The fourth-order valence-electron chi connectivity index (χ4n) is 0.880. The summed E-state index contributed by atoms with van der Waals surface area (Å²) in [6.45, 7) is 0. The minimum absolute atomic E-state index is 0.498. The van der Waals surface area contributed by atoms with E-state index in [1.807, 2.05) is 0 Å². The number of sulfonamides is 1. The second-order valence-corrected chi connectivity index (χ2v) is 5.04. The molecule has 1 heterocycles. The van der Waals surface area contributed by atoms with Crippen molar-refractivity contribution < 1.29 is 21.6 Å². The first-order valence-electron chi connectivity index (χ1n) is 3.40. The zero-order valence-corrected chi connectivity index (χ0v) is 9.89. The average Bonchev–Trinajstić information content (AvgIpc) is 2.06. The largest absolute Gasteiger partial charge is 0.267 e. The summed E-state index contributed by atoms with van der Waals surface area (Å²) in [7, 11) is -4.38. The average molecular weight is 352 g/mol. The summed E-state index contributed by atoms with van der Waals surface area (Å²) in [6, 6.07) is 0. The van der Waals surface area contributed by atoms with Gasteiger partial charge >= 0.3 is 0 Å². The lowest BCUT2D eigenvalue weighted by Crippen LogP contribution is -2.18. The molecule has 0 atom stereocenters. The van der Waals surface area contributed by atoms with E-state index in [1.165, 1.54) is 22.6 Å². The Labute approximate surface area is 96.9 Å². The SMILES string of the molecule is NS(=O)(=O)c1ncc(F)c(I)c1C(F)F. The Morgan fingerprint density at radius 3 is 2.40 bits per heavy atom. The van der Waals surface area contributed by atoms with Crippen LogP contribution >= 0.6 is 22.6 Å². The predicted octanol–water partition coefficient (Wildman–Crippen LogP) is 1.41. The van der Waals surface area contributed by atoms with Gasteiger partial charge in [-0.05, 0) is 22.6 Å². The molecule has 0 spiro atoms. The minimum atomic E-state index is -4.38. The molecule has 0 aromatic carbocycles. The number of rotatable bonds is 2. The molecule has 0 aliphatic heterocycles. The Kier molecular flexibility index (Phi) is 3.55. The van der Waals surface area contributed by atoms with Crippen LogP contribution in [-0.2, 0) is 10.0 Å². The Balaban J connectivity index is 3.62. The highest BCUT2D eigenvalue weighted by atomic mass is 127. The first-order chi connectivity index (χ1) is 6.75. The van der Waals surface area contributed by atoms with Crippen LogP contribution in [0.25, 0.3) is 0 Å². The summed E-state index contributed by atoms with van der Waals surface area (Å²) >= 11 is 1.27. The molecular weight excluding hydrogens is 348 g/mol. The molecule has 0 aliphatic carbocycles. The van der Waals surface area contributed by atoms with Crippen LogP contribution in [0.1, 0.15) is 12.0 Å². The number of hydrogen-bond acceptors (Lipinski definition) is 3. The van der Waals surface area contributed by atoms with Gasteiger partial charge in [0.25, 0.3) is 16.4 Å². The number of alkyl halides is 2. The zero-order chi connectivity index (χ0) is 11.8. The number of pyridine rings is 1. The van der Waals surface area contributed by atoms with Crippen molar-refractivity contribution in [2.24, 2.45) is 5.14 Å². The van der Waals surface area contributed by atoms with Crippen molar-refractivity contribution in [2.75, 3.05) is 0 Å². The molecule has 1 aromatic rings. The Morgan fingerprint density at radius 1 is 1.47 bits per heavy atom. The van der Waals surface area contributed by atoms with Gasteiger partial charge < -0.3 is 0 Å². The number of hydrogen-bond donors (Lipinski definition) is 1. The molecule has 1 aromatic heterocycles. The lowest BCUT2D eigenvalue weighted by atomic mass is 10.3. The van der Waals surface area contributed by atoms with Gasteiger partial charge in [-0.15, -0.1) is 0 Å². The van der Waals surface area contributed by atoms with Gasteiger partial charge in [-0.25, -0.2) is 31.7 Å². The van der Waals surface area contributed by atoms with Crippen LogP contribution in [0.2, 0.25) is 0 Å². The van der Waals surface area contributed by atoms with E-state index in [0.29, 0.717) is 6.20 Å². The lowest BCUT2D eigenvalue weighted by Gasteiger charge is -2.08. The smallest absolute Gasteiger partial charge is 0.240 e. The second-order valence-electron chi connectivity index (χ2n) is 2.48. The van der Waals surface area contributed by atoms with Crippen molar-refractivity contribution >= 4 is 32.6 Å². The van der Waals surface area contributed by atoms with Gasteiger partial charge in [0.1, 0.15) is 0 Å². The third-order valence-electron chi connectivity index (χ3n) is 1.46. The number of aromatic nitrogens is 1. The predicted molar refractivity (Wildman–Crippen MR) is 53.2 cm³/mol. The number of nitrogens with two attached hydrogens (primary N) is 1. The fourth-order valence-corrected chi connectivity index (χ4v) is 2.39. The molecule has 2 N–H and O–H groups in total. The number of halogens is 4. The zero-order valence-electron chi connectivity index (χ0n) is 6.92. The van der Waals surface area contributed by atoms with E-state index in [4.69, 9.17) is 0 Å². The molecule has 9 heteroatoms. The van der Waals surface area contributed by atoms with Crippen molar-refractivity contribution in [1.29, 1.82) is 0 Å². The Morgan fingerprint density at radius 2 is 2.00 bits per heavy atom. The second kappa shape index (κ2) is 4.22. The topological polar surface area (TPSA) is 73.1 Å². The van der Waals surface area contributed by atoms with E-state index in [-0.39, 0.29) is 0 Å². The first-order valence-corrected chi connectivity index (χ1v) is 6.02. The summed E-state index contributed by atoms with van der Waals surface area (Å²) < 4.78 is 59.1. The monoisotopic (exact) mass is 352 g/mol. The molecule has 0 aliphatic rings. The summed E-state index contributed by atoms with van der Waals surface area (Å²) in [5.74, 6) is -1.02. The molecule has 4 nitrogen and oxygen atoms in total. The van der Waals surface area contributed by atoms with Crippen molar-refractivity contribution in [1.82, 2.24) is 4.98 Å². The van der Waals surface area contributed by atoms with Gasteiger partial charge in [0.05, 0.1) is 15.3 Å². The Bertz CT molecular complexity index is 491. The lowest BCUT2D eigenvalue weighted by molar-refractivity contribution is 0.145. The standard InChI is InChI=1S/C6H4F3IN2O2S/c7-2-1-12-6(15(11,13)14)3(4(2)10)5(8)9/h1,5H,(H2,11,13,14). The molecule has 1 rings (SSSR count). The van der Waals surface area contributed by atoms with Crippen LogP contribution in [0, 0.1) is 9.39 Å². The molecule has 0 saturated heterocycles. The van der Waals surface area contributed by atoms with Crippen LogP contribution < -0.4 is 5.14 Å². The highest BCUT2D eigenvalue weighted by molar-refractivity contribution is 14.1. The normalized spacial score (nSPS) is 12.1. The van der Waals surface area contributed by atoms with E-state index in [9.17, 15) is 21.6 Å². The summed E-state index contributed by atoms with van der Waals surface area (Å²) in [5, 5.41) is 3.67. The summed E-state index contributed by atoms with van der Waals surface area (Å²) in [6.07, 6.45) is -2.62. The quantitative estimate of drug-likeness (QED) is 0.818. The molecule has 0 saturated carbocycles. The van der Waals surface area contributed by atoms with Gasteiger partial charge in [0, 0.05) is 0 Å². The highest BCUT2D eigenvalue weighted by Crippen LogP contribution is 2.30. The van der Waals surface area contributed by atoms with Crippen molar-refractivity contribution in [3.8, 4) is 0 Å². The Hall–Kier alpha value is -0.420. The van der Waals surface area contributed by atoms with Crippen molar-refractivity contribution in [2.45, 2.75) is 11.5 Å². The van der Waals surface area contributed by atoms with E-state index in [0.717, 1.165) is 0 Å². The molecule has 0 bridgehead atoms. The minimum Gasteiger partial charge on any atom is -0.240 e. The molecule has 0 amide bonds. The van der Waals surface area contributed by atoms with Gasteiger partial charge in [0.2, 0.25) is 0 Å². The van der Waals surface area contributed by atoms with E-state index in [1.54, 1.807) is 0 Å². The highest BCUT2D eigenvalue weighted by Gasteiger charge is 2.26. The van der Waals surface area contributed by atoms with Crippen LogP contribution in [-0.4, -0.2) is 13.4 Å². The van der Waals surface area contributed by atoms with E-state index >= 15 is 0 Å². The van der Waals surface area contributed by atoms with Gasteiger partial charge in [0.15, 0.2) is 10.8 Å². The van der Waals surface area contributed by atoms with Crippen LogP contribution in [0.3, 0.4) is 0 Å². The molecule has 0 radical (unpaired) electrons. The molecule has 15 heavy (non-hydrogen) atoms. The fraction of sp³-hybridized carbons (Fsp3) is 0.167. The van der Waals surface area contributed by atoms with E-state index < -0.39 is 36.4 Å². The molecule has 84 valence electrons. The van der Waals surface area contributed by atoms with Gasteiger partial charge in [-0.1, -0.05) is 0 Å². The maximum Gasteiger partial charge on any atom is 0.267 e. The third-order valence-corrected chi connectivity index (χ3v) is 3.42. The van der Waals surface area contributed by atoms with Crippen molar-refractivity contribution in [3.63, 3.8) is 0 Å². The van der Waals surface area contributed by atoms with Crippen LogP contribution in [0.15, 0.2) is 11.2 Å². The van der Waals surface area contributed by atoms with Crippen molar-refractivity contribution in [3.05, 3.63) is 21.1 Å². The van der Waals surface area contributed by atoms with E-state index in [2.05, 4.69) is 10.1 Å². The molecule has 0 fully saturated rings. The summed E-state index contributed by atoms with van der Waals surface area (Å²) in [4.78, 5) is 3.06. The number of nitrogens with zero attached hydrogens (tertiary/aromatic N) is 1. The maximum absolute atomic E-state index is 12.9. The van der Waals surface area contributed by atoms with Gasteiger partial charge in [-0.2, -0.15) is 0 Å². The van der Waals surface area contributed by atoms with Gasteiger partial charge in [-0.3, -0.25) is 0 Å². The van der Waals surface area contributed by atoms with Crippen LogP contribution in [0.5, 0.6) is 0 Å². The number of primary sulfonamides is 1. The summed E-state index contributed by atoms with van der Waals surface area (Å²) in [5.41, 5.74) is -1.00. The molecular formula is C6H4F3IN2O2S.